The summed E-state index contributed by atoms with van der Waals surface area (Å²) in [5.74, 6) is -1.25. The lowest BCUT2D eigenvalue weighted by Gasteiger charge is -2.48. The van der Waals surface area contributed by atoms with E-state index in [1.54, 1.807) is 0 Å². The lowest BCUT2D eigenvalue weighted by molar-refractivity contribution is -0.129. The van der Waals surface area contributed by atoms with E-state index in [0.717, 1.165) is 12.8 Å². The molecule has 0 bridgehead atoms. The monoisotopic (exact) mass is 255 g/mol. The van der Waals surface area contributed by atoms with Crippen molar-refractivity contribution in [3.63, 3.8) is 0 Å². The van der Waals surface area contributed by atoms with E-state index in [1.165, 1.54) is 0 Å². The van der Waals surface area contributed by atoms with E-state index in [4.69, 9.17) is 11.5 Å². The summed E-state index contributed by atoms with van der Waals surface area (Å²) in [7, 11) is 0. The Kier molecular flexibility index (Phi) is 4.05. The standard InChI is InChI=1S/C13H25N3O2/c1-12(2)6-8(7-13(3,4)16-12)9(11(15)18)5-10(14)17/h8-9,16H,5-7H2,1-4H3,(H2,14,17)(H2,15,18). The van der Waals surface area contributed by atoms with E-state index < -0.39 is 17.7 Å². The molecule has 1 atom stereocenters. The normalized spacial score (nSPS) is 24.4. The molecule has 2 amide bonds. The molecule has 0 saturated carbocycles. The summed E-state index contributed by atoms with van der Waals surface area (Å²) in [6.07, 6.45) is 1.68. The minimum Gasteiger partial charge on any atom is -0.370 e. The van der Waals surface area contributed by atoms with Crippen molar-refractivity contribution >= 4 is 11.8 Å². The quantitative estimate of drug-likeness (QED) is 0.683. The molecule has 1 unspecified atom stereocenters. The third-order valence-electron chi connectivity index (χ3n) is 3.58. The molecule has 1 heterocycles. The Morgan fingerprint density at radius 3 is 1.94 bits per heavy atom. The van der Waals surface area contributed by atoms with E-state index in [1.807, 2.05) is 0 Å². The van der Waals surface area contributed by atoms with Crippen molar-refractivity contribution in [2.75, 3.05) is 0 Å². The first-order valence-corrected chi connectivity index (χ1v) is 6.39. The maximum atomic E-state index is 11.6. The van der Waals surface area contributed by atoms with Crippen molar-refractivity contribution in [1.29, 1.82) is 0 Å². The van der Waals surface area contributed by atoms with Crippen LogP contribution in [-0.2, 0) is 9.59 Å². The highest BCUT2D eigenvalue weighted by molar-refractivity contribution is 5.84. The molecule has 1 saturated heterocycles. The van der Waals surface area contributed by atoms with Gasteiger partial charge in [-0.15, -0.1) is 0 Å². The summed E-state index contributed by atoms with van der Waals surface area (Å²) in [6, 6.07) is 0. The molecular weight excluding hydrogens is 230 g/mol. The Morgan fingerprint density at radius 2 is 1.61 bits per heavy atom. The molecule has 18 heavy (non-hydrogen) atoms. The fraction of sp³-hybridized carbons (Fsp3) is 0.846. The van der Waals surface area contributed by atoms with Crippen LogP contribution in [0.2, 0.25) is 0 Å². The summed E-state index contributed by atoms with van der Waals surface area (Å²) in [5, 5.41) is 3.54. The van der Waals surface area contributed by atoms with Gasteiger partial charge in [-0.05, 0) is 46.5 Å². The van der Waals surface area contributed by atoms with Crippen molar-refractivity contribution in [2.45, 2.75) is 58.0 Å². The van der Waals surface area contributed by atoms with Crippen molar-refractivity contribution < 1.29 is 9.59 Å². The summed E-state index contributed by atoms with van der Waals surface area (Å²) >= 11 is 0. The minimum atomic E-state index is -0.465. The highest BCUT2D eigenvalue weighted by Gasteiger charge is 2.42. The Morgan fingerprint density at radius 1 is 1.17 bits per heavy atom. The van der Waals surface area contributed by atoms with Gasteiger partial charge in [0.05, 0.1) is 0 Å². The fourth-order valence-corrected chi connectivity index (χ4v) is 3.40. The second-order valence-corrected chi connectivity index (χ2v) is 6.74. The lowest BCUT2D eigenvalue weighted by atomic mass is 9.70. The summed E-state index contributed by atoms with van der Waals surface area (Å²) in [5.41, 5.74) is 10.5. The zero-order valence-corrected chi connectivity index (χ0v) is 11.7. The Labute approximate surface area is 109 Å². The smallest absolute Gasteiger partial charge is 0.221 e. The highest BCUT2D eigenvalue weighted by Crippen LogP contribution is 2.37. The zero-order chi connectivity index (χ0) is 14.1. The summed E-state index contributed by atoms with van der Waals surface area (Å²) in [4.78, 5) is 22.6. The molecule has 0 radical (unpaired) electrons. The van der Waals surface area contributed by atoms with Crippen molar-refractivity contribution in [2.24, 2.45) is 23.3 Å². The molecule has 0 aromatic heterocycles. The van der Waals surface area contributed by atoms with Gasteiger partial charge in [0, 0.05) is 23.4 Å². The van der Waals surface area contributed by atoms with Gasteiger partial charge in [0.15, 0.2) is 0 Å². The van der Waals surface area contributed by atoms with Crippen LogP contribution < -0.4 is 16.8 Å². The summed E-state index contributed by atoms with van der Waals surface area (Å²) < 4.78 is 0. The first-order valence-electron chi connectivity index (χ1n) is 6.39. The molecule has 0 spiro atoms. The third kappa shape index (κ3) is 3.98. The van der Waals surface area contributed by atoms with E-state index in [9.17, 15) is 9.59 Å². The zero-order valence-electron chi connectivity index (χ0n) is 11.7. The maximum absolute atomic E-state index is 11.6. The minimum absolute atomic E-state index is 0.0478. The van der Waals surface area contributed by atoms with Crippen LogP contribution in [0.25, 0.3) is 0 Å². The Balaban J connectivity index is 2.91. The van der Waals surface area contributed by atoms with Gasteiger partial charge >= 0.3 is 0 Å². The van der Waals surface area contributed by atoms with Gasteiger partial charge in [-0.2, -0.15) is 0 Å². The van der Waals surface area contributed by atoms with Gasteiger partial charge < -0.3 is 16.8 Å². The molecular formula is C13H25N3O2. The molecule has 1 rings (SSSR count). The number of nitrogens with two attached hydrogens (primary N) is 2. The van der Waals surface area contributed by atoms with Crippen LogP contribution in [0, 0.1) is 11.8 Å². The molecule has 0 aromatic rings. The molecule has 1 aliphatic heterocycles. The largest absolute Gasteiger partial charge is 0.370 e. The Bertz CT molecular complexity index is 334. The van der Waals surface area contributed by atoms with Crippen LogP contribution in [0.1, 0.15) is 47.0 Å². The first-order chi connectivity index (χ1) is 8.02. The first kappa shape index (κ1) is 15.0. The van der Waals surface area contributed by atoms with Crippen LogP contribution in [0.5, 0.6) is 0 Å². The molecule has 5 heteroatoms. The second-order valence-electron chi connectivity index (χ2n) is 6.74. The van der Waals surface area contributed by atoms with E-state index in [-0.39, 0.29) is 23.4 Å². The van der Waals surface area contributed by atoms with Gasteiger partial charge in [-0.3, -0.25) is 9.59 Å². The summed E-state index contributed by atoms with van der Waals surface area (Å²) in [6.45, 7) is 8.40. The predicted octanol–water partition coefficient (Wildman–Crippen LogP) is 0.520. The highest BCUT2D eigenvalue weighted by atomic mass is 16.2. The number of hydrogen-bond acceptors (Lipinski definition) is 3. The van der Waals surface area contributed by atoms with Crippen molar-refractivity contribution in [1.82, 2.24) is 5.32 Å². The number of amides is 2. The molecule has 1 aliphatic rings. The Hall–Kier alpha value is -1.10. The van der Waals surface area contributed by atoms with Gasteiger partial charge in [0.25, 0.3) is 0 Å². The molecule has 5 N–H and O–H groups in total. The van der Waals surface area contributed by atoms with E-state index in [0.29, 0.717) is 0 Å². The van der Waals surface area contributed by atoms with Gasteiger partial charge in [-0.1, -0.05) is 0 Å². The second kappa shape index (κ2) is 4.88. The fourth-order valence-electron chi connectivity index (χ4n) is 3.40. The van der Waals surface area contributed by atoms with Crippen LogP contribution >= 0.6 is 0 Å². The van der Waals surface area contributed by atoms with Crippen molar-refractivity contribution in [3.8, 4) is 0 Å². The average molecular weight is 255 g/mol. The molecule has 5 nitrogen and oxygen atoms in total. The molecule has 0 aromatic carbocycles. The van der Waals surface area contributed by atoms with Gasteiger partial charge in [-0.25, -0.2) is 0 Å². The van der Waals surface area contributed by atoms with Crippen LogP contribution in [-0.4, -0.2) is 22.9 Å². The molecule has 1 fully saturated rings. The lowest BCUT2D eigenvalue weighted by Crippen LogP contribution is -2.59. The van der Waals surface area contributed by atoms with Crippen LogP contribution in [0.4, 0.5) is 0 Å². The molecule has 0 aliphatic carbocycles. The number of nitrogens with one attached hydrogen (secondary N) is 1. The van der Waals surface area contributed by atoms with Crippen LogP contribution in [0.15, 0.2) is 0 Å². The number of carbonyl (C=O) groups is 2. The van der Waals surface area contributed by atoms with E-state index in [2.05, 4.69) is 33.0 Å². The van der Waals surface area contributed by atoms with E-state index >= 15 is 0 Å². The predicted molar refractivity (Wildman–Crippen MR) is 70.5 cm³/mol. The van der Waals surface area contributed by atoms with Gasteiger partial charge in [0.1, 0.15) is 0 Å². The number of rotatable bonds is 4. The number of primary amides is 2. The van der Waals surface area contributed by atoms with Gasteiger partial charge in [0.2, 0.25) is 11.8 Å². The number of hydrogen-bond donors (Lipinski definition) is 3. The topological polar surface area (TPSA) is 98.2 Å². The number of piperidine rings is 1. The van der Waals surface area contributed by atoms with Crippen molar-refractivity contribution in [3.05, 3.63) is 0 Å². The third-order valence-corrected chi connectivity index (χ3v) is 3.58. The number of carbonyl (C=O) groups excluding carboxylic acids is 2. The maximum Gasteiger partial charge on any atom is 0.221 e. The SMILES string of the molecule is CC1(C)CC(C(CC(N)=O)C(N)=O)CC(C)(C)N1. The van der Waals surface area contributed by atoms with Crippen LogP contribution in [0.3, 0.4) is 0 Å². The average Bonchev–Trinajstić information content (AvgIpc) is 2.07. The molecule has 104 valence electrons.